The Morgan fingerprint density at radius 2 is 1.70 bits per heavy atom. The molecule has 1 aliphatic rings. The number of hydrogen-bond acceptors (Lipinski definition) is 3. The summed E-state index contributed by atoms with van der Waals surface area (Å²) in [5.74, 6) is 0. The molecule has 8 heteroatoms. The minimum Gasteiger partial charge on any atom is -0.316 e. The second kappa shape index (κ2) is 9.86. The molecule has 1 saturated carbocycles. The number of benzene rings is 2. The first-order valence-electron chi connectivity index (χ1n) is 11.8. The number of hydrogen-bond donors (Lipinski definition) is 0. The van der Waals surface area contributed by atoms with Gasteiger partial charge < -0.3 is 4.98 Å². The smallest absolute Gasteiger partial charge is 0.316 e. The Kier molecular flexibility index (Phi) is 6.76. The molecule has 4 nitrogen and oxygen atoms in total. The van der Waals surface area contributed by atoms with Gasteiger partial charge in [0, 0.05) is 11.9 Å². The molecule has 1 fully saturated rings. The average Bonchev–Trinajstić information content (AvgIpc) is 3.59. The third-order valence-corrected chi connectivity index (χ3v) is 6.97. The predicted octanol–water partition coefficient (Wildman–Crippen LogP) is 6.96. The molecule has 0 radical (unpaired) electrons. The molecule has 2 aromatic carbocycles. The topological polar surface area (TPSA) is 43.6 Å². The zero-order chi connectivity index (χ0) is 24.8. The Balaban J connectivity index is 0.00000280. The fraction of sp³-hybridized carbons (Fsp3) is 0.207. The minimum atomic E-state index is -4.53. The quantitative estimate of drug-likeness (QED) is 0.193. The van der Waals surface area contributed by atoms with E-state index in [1.54, 1.807) is 6.07 Å². The van der Waals surface area contributed by atoms with Crippen LogP contribution in [0, 0.1) is 12.1 Å². The first-order valence-corrected chi connectivity index (χ1v) is 11.8. The molecule has 0 bridgehead atoms. The fourth-order valence-corrected chi connectivity index (χ4v) is 5.20. The Morgan fingerprint density at radius 3 is 2.51 bits per heavy atom. The number of rotatable bonds is 4. The summed E-state index contributed by atoms with van der Waals surface area (Å²) in [5.41, 5.74) is 1.93. The van der Waals surface area contributed by atoms with Crippen LogP contribution < -0.4 is 0 Å². The van der Waals surface area contributed by atoms with Crippen LogP contribution in [-0.4, -0.2) is 19.7 Å². The van der Waals surface area contributed by atoms with Crippen molar-refractivity contribution in [2.75, 3.05) is 0 Å². The standard InChI is InChI=1S/C29H21F3N4.Pt/c30-29(31,32)27-19-21(13-17-33-27)23-10-6-12-25(34-23)28(15-3-4-16-28)26-14-18-36(35-26)24-11-5-8-20-7-1-2-9-22(20)24;/h1-2,5-10,12,14,17-19H,3-4,15-16H2;/q-2;+2. The SMILES string of the molecule is FC(F)(F)c1cc(-c2cccc(C3(c4ccn(-c5[c-]ccc6ccccc56)n4)CCCC3)n2)[c-]cn1.[Pt+2]. The van der Waals surface area contributed by atoms with Crippen LogP contribution in [0.4, 0.5) is 13.2 Å². The van der Waals surface area contributed by atoms with Gasteiger partial charge in [0.1, 0.15) is 0 Å². The van der Waals surface area contributed by atoms with E-state index in [2.05, 4.69) is 29.2 Å². The molecule has 6 rings (SSSR count). The molecule has 37 heavy (non-hydrogen) atoms. The summed E-state index contributed by atoms with van der Waals surface area (Å²) in [6, 6.07) is 26.7. The number of nitrogens with zero attached hydrogens (tertiary/aromatic N) is 4. The van der Waals surface area contributed by atoms with Crippen LogP contribution in [0.2, 0.25) is 0 Å². The van der Waals surface area contributed by atoms with E-state index >= 15 is 0 Å². The molecule has 3 aromatic heterocycles. The summed E-state index contributed by atoms with van der Waals surface area (Å²) in [4.78, 5) is 8.27. The Labute approximate surface area is 226 Å². The van der Waals surface area contributed by atoms with E-state index in [0.717, 1.165) is 65.8 Å². The largest absolute Gasteiger partial charge is 2.00 e. The van der Waals surface area contributed by atoms with Crippen molar-refractivity contribution in [1.29, 1.82) is 0 Å². The zero-order valence-corrected chi connectivity index (χ0v) is 21.8. The van der Waals surface area contributed by atoms with E-state index in [0.29, 0.717) is 5.69 Å². The van der Waals surface area contributed by atoms with Gasteiger partial charge in [-0.25, -0.2) is 0 Å². The van der Waals surface area contributed by atoms with Gasteiger partial charge in [0.25, 0.3) is 0 Å². The van der Waals surface area contributed by atoms with Crippen molar-refractivity contribution < 1.29 is 34.2 Å². The summed E-state index contributed by atoms with van der Waals surface area (Å²) in [5, 5.41) is 7.16. The minimum absolute atomic E-state index is 0. The summed E-state index contributed by atoms with van der Waals surface area (Å²) >= 11 is 0. The number of alkyl halides is 3. The van der Waals surface area contributed by atoms with E-state index in [1.165, 1.54) is 0 Å². The molecule has 0 aliphatic heterocycles. The van der Waals surface area contributed by atoms with E-state index in [4.69, 9.17) is 10.1 Å². The van der Waals surface area contributed by atoms with Crippen LogP contribution in [-0.2, 0) is 32.7 Å². The van der Waals surface area contributed by atoms with Crippen LogP contribution >= 0.6 is 0 Å². The van der Waals surface area contributed by atoms with E-state index < -0.39 is 17.3 Å². The third-order valence-electron chi connectivity index (χ3n) is 6.97. The second-order valence-electron chi connectivity index (χ2n) is 9.10. The number of fused-ring (bicyclic) bond motifs is 1. The summed E-state index contributed by atoms with van der Waals surface area (Å²) in [7, 11) is 0. The summed E-state index contributed by atoms with van der Waals surface area (Å²) < 4.78 is 41.5. The van der Waals surface area contributed by atoms with Crippen molar-refractivity contribution in [2.45, 2.75) is 37.3 Å². The maximum atomic E-state index is 13.2. The molecule has 0 amide bonds. The normalized spacial score (nSPS) is 15.0. The van der Waals surface area contributed by atoms with Gasteiger partial charge >= 0.3 is 27.2 Å². The molecule has 1 aliphatic carbocycles. The van der Waals surface area contributed by atoms with Crippen molar-refractivity contribution in [2.24, 2.45) is 0 Å². The van der Waals surface area contributed by atoms with Gasteiger partial charge in [0.2, 0.25) is 0 Å². The number of pyridine rings is 2. The molecule has 3 heterocycles. The molecule has 0 saturated heterocycles. The molecule has 0 spiro atoms. The molecule has 5 aromatic rings. The van der Waals surface area contributed by atoms with Gasteiger partial charge in [0.15, 0.2) is 0 Å². The Morgan fingerprint density at radius 1 is 0.892 bits per heavy atom. The van der Waals surface area contributed by atoms with Gasteiger partial charge in [-0.15, -0.1) is 22.9 Å². The first kappa shape index (κ1) is 25.3. The van der Waals surface area contributed by atoms with Crippen molar-refractivity contribution in [1.82, 2.24) is 19.7 Å². The number of aromatic nitrogens is 4. The van der Waals surface area contributed by atoms with Crippen LogP contribution in [0.5, 0.6) is 0 Å². The molecule has 188 valence electrons. The second-order valence-corrected chi connectivity index (χ2v) is 9.10. The monoisotopic (exact) mass is 677 g/mol. The first-order chi connectivity index (χ1) is 17.4. The third kappa shape index (κ3) is 4.61. The van der Waals surface area contributed by atoms with Crippen molar-refractivity contribution in [3.05, 3.63) is 108 Å². The van der Waals surface area contributed by atoms with Crippen molar-refractivity contribution >= 4 is 10.8 Å². The van der Waals surface area contributed by atoms with Crippen LogP contribution in [0.1, 0.15) is 42.8 Å². The van der Waals surface area contributed by atoms with Crippen LogP contribution in [0.15, 0.2) is 79.1 Å². The van der Waals surface area contributed by atoms with Gasteiger partial charge in [-0.05, 0) is 42.6 Å². The zero-order valence-electron chi connectivity index (χ0n) is 19.6. The Hall–Kier alpha value is -3.31. The molecule has 0 atom stereocenters. The molecule has 0 N–H and O–H groups in total. The van der Waals surface area contributed by atoms with E-state index in [1.807, 2.05) is 53.3 Å². The van der Waals surface area contributed by atoms with Crippen molar-refractivity contribution in [3.63, 3.8) is 0 Å². The van der Waals surface area contributed by atoms with Gasteiger partial charge in [-0.2, -0.15) is 48.1 Å². The summed E-state index contributed by atoms with van der Waals surface area (Å²) in [6.07, 6.45) is 2.27. The van der Waals surface area contributed by atoms with Gasteiger partial charge in [-0.1, -0.05) is 43.2 Å². The fourth-order valence-electron chi connectivity index (χ4n) is 5.20. The predicted molar refractivity (Wildman–Crippen MR) is 130 cm³/mol. The maximum absolute atomic E-state index is 13.2. The number of halogens is 3. The molecule has 0 unspecified atom stereocenters. The van der Waals surface area contributed by atoms with E-state index in [-0.39, 0.29) is 26.6 Å². The summed E-state index contributed by atoms with van der Waals surface area (Å²) in [6.45, 7) is 0. The van der Waals surface area contributed by atoms with Crippen LogP contribution in [0.3, 0.4) is 0 Å². The Bertz CT molecular complexity index is 1550. The van der Waals surface area contributed by atoms with Crippen molar-refractivity contribution in [3.8, 4) is 16.9 Å². The molecular formula is C29H21F3N4Pt. The maximum Gasteiger partial charge on any atom is 2.00 e. The molecular weight excluding hydrogens is 656 g/mol. The van der Waals surface area contributed by atoms with Crippen LogP contribution in [0.25, 0.3) is 27.7 Å². The van der Waals surface area contributed by atoms with Gasteiger partial charge in [0.05, 0.1) is 16.8 Å². The average molecular weight is 678 g/mol. The van der Waals surface area contributed by atoms with Gasteiger partial charge in [-0.3, -0.25) is 9.67 Å². The van der Waals surface area contributed by atoms with E-state index in [9.17, 15) is 13.2 Å².